The fraction of sp³-hybridized carbons (Fsp3) is 0.400. The van der Waals surface area contributed by atoms with Crippen LogP contribution in [0.1, 0.15) is 40.2 Å². The molecule has 1 atom stereocenters. The van der Waals surface area contributed by atoms with Gasteiger partial charge in [0, 0.05) is 28.4 Å². The van der Waals surface area contributed by atoms with Crippen LogP contribution in [-0.4, -0.2) is 23.2 Å². The number of hydrogen-bond acceptors (Lipinski definition) is 5. The van der Waals surface area contributed by atoms with Crippen molar-refractivity contribution in [2.45, 2.75) is 51.8 Å². The second kappa shape index (κ2) is 7.23. The Morgan fingerprint density at radius 1 is 1.24 bits per heavy atom. The number of hydrogen-bond donors (Lipinski definition) is 2. The van der Waals surface area contributed by atoms with E-state index >= 15 is 0 Å². The summed E-state index contributed by atoms with van der Waals surface area (Å²) in [6, 6.07) is 12.3. The van der Waals surface area contributed by atoms with Crippen molar-refractivity contribution in [2.24, 2.45) is 5.73 Å². The number of rotatable bonds is 2. The second-order valence-corrected chi connectivity index (χ2v) is 7.65. The van der Waals surface area contributed by atoms with Crippen molar-refractivity contribution in [1.29, 1.82) is 0 Å². The highest BCUT2D eigenvalue weighted by atomic mass is 16.5. The highest BCUT2D eigenvalue weighted by molar-refractivity contribution is 5.69. The van der Waals surface area contributed by atoms with E-state index in [1.165, 1.54) is 5.56 Å². The third-order valence-electron chi connectivity index (χ3n) is 4.16. The van der Waals surface area contributed by atoms with Crippen LogP contribution in [0.3, 0.4) is 0 Å². The number of benzene rings is 1. The molecule has 1 aromatic carbocycles. The fourth-order valence-corrected chi connectivity index (χ4v) is 2.51. The van der Waals surface area contributed by atoms with Gasteiger partial charge in [0.2, 0.25) is 0 Å². The minimum Gasteiger partial charge on any atom is -0.462 e. The number of carbonyl (C=O) groups is 1. The molecule has 0 bridgehead atoms. The third-order valence-corrected chi connectivity index (χ3v) is 4.16. The van der Waals surface area contributed by atoms with E-state index in [1.807, 2.05) is 45.2 Å². The lowest BCUT2D eigenvalue weighted by atomic mass is 9.85. The first-order chi connectivity index (χ1) is 11.6. The molecule has 3 N–H and O–H groups in total. The number of fused-ring (bicyclic) bond motifs is 1. The van der Waals surface area contributed by atoms with Crippen molar-refractivity contribution in [3.8, 4) is 11.3 Å². The summed E-state index contributed by atoms with van der Waals surface area (Å²) in [7, 11) is 0. The maximum atomic E-state index is 9.60. The van der Waals surface area contributed by atoms with Gasteiger partial charge in [-0.3, -0.25) is 9.78 Å². The molecule has 2 aromatic rings. The van der Waals surface area contributed by atoms with Gasteiger partial charge in [-0.1, -0.05) is 44.2 Å². The molecule has 25 heavy (non-hydrogen) atoms. The first-order valence-corrected chi connectivity index (χ1v) is 8.34. The van der Waals surface area contributed by atoms with Gasteiger partial charge in [0.05, 0.1) is 11.9 Å². The van der Waals surface area contributed by atoms with Crippen LogP contribution in [0.25, 0.3) is 11.3 Å². The summed E-state index contributed by atoms with van der Waals surface area (Å²) in [5.74, 6) is 0. The van der Waals surface area contributed by atoms with Crippen LogP contribution < -0.4 is 11.1 Å². The molecule has 0 amide bonds. The molecule has 1 aliphatic rings. The van der Waals surface area contributed by atoms with Crippen molar-refractivity contribution in [3.63, 3.8) is 0 Å². The van der Waals surface area contributed by atoms with Gasteiger partial charge in [-0.15, -0.1) is 0 Å². The topological polar surface area (TPSA) is 77.2 Å². The number of nitrogens with zero attached hydrogens (tertiary/aromatic N) is 1. The van der Waals surface area contributed by atoms with Gasteiger partial charge in [-0.25, -0.2) is 0 Å². The number of pyridine rings is 1. The van der Waals surface area contributed by atoms with E-state index in [0.717, 1.165) is 16.9 Å². The van der Waals surface area contributed by atoms with Crippen molar-refractivity contribution in [3.05, 3.63) is 48.2 Å². The number of aromatic nitrogens is 1. The SMILES string of the molecule is CC(C)(C)OC=O.CC1(C)c2cnc(-c3ccccc3)cc2NC1N. The summed E-state index contributed by atoms with van der Waals surface area (Å²) < 4.78 is 4.55. The molecule has 3 rings (SSSR count). The minimum atomic E-state index is -0.318. The quantitative estimate of drug-likeness (QED) is 0.815. The van der Waals surface area contributed by atoms with E-state index in [2.05, 4.69) is 47.1 Å². The zero-order valence-electron chi connectivity index (χ0n) is 15.5. The molecule has 5 nitrogen and oxygen atoms in total. The van der Waals surface area contributed by atoms with Crippen LogP contribution >= 0.6 is 0 Å². The molecule has 0 saturated carbocycles. The largest absolute Gasteiger partial charge is 0.462 e. The molecule has 0 aliphatic carbocycles. The standard InChI is InChI=1S/C15H17N3.C5H10O2/c1-15(2)11-9-17-12(8-13(11)18-14(15)16)10-6-4-3-5-7-10;1-5(2,3)7-4-6/h3-9,14,18H,16H2,1-2H3;4H,1-3H3. The van der Waals surface area contributed by atoms with Gasteiger partial charge in [-0.2, -0.15) is 0 Å². The summed E-state index contributed by atoms with van der Waals surface area (Å²) in [6.07, 6.45) is 1.89. The Kier molecular flexibility index (Phi) is 5.48. The van der Waals surface area contributed by atoms with E-state index in [9.17, 15) is 4.79 Å². The molecule has 134 valence electrons. The van der Waals surface area contributed by atoms with Crippen molar-refractivity contribution >= 4 is 12.2 Å². The Labute approximate surface area is 149 Å². The first kappa shape index (κ1) is 18.9. The van der Waals surface area contributed by atoms with E-state index in [1.54, 1.807) is 0 Å². The van der Waals surface area contributed by atoms with Crippen LogP contribution in [0.15, 0.2) is 42.6 Å². The Hall–Kier alpha value is -2.40. The van der Waals surface area contributed by atoms with Gasteiger partial charge in [0.25, 0.3) is 6.47 Å². The average Bonchev–Trinajstić information content (AvgIpc) is 2.77. The van der Waals surface area contributed by atoms with Crippen LogP contribution in [0.4, 0.5) is 5.69 Å². The van der Waals surface area contributed by atoms with Gasteiger partial charge in [0.15, 0.2) is 0 Å². The predicted molar refractivity (Wildman–Crippen MR) is 101 cm³/mol. The third kappa shape index (κ3) is 4.57. The van der Waals surface area contributed by atoms with Crippen molar-refractivity contribution < 1.29 is 9.53 Å². The monoisotopic (exact) mass is 341 g/mol. The molecular weight excluding hydrogens is 314 g/mol. The Morgan fingerprint density at radius 3 is 2.40 bits per heavy atom. The smallest absolute Gasteiger partial charge is 0.293 e. The number of anilines is 1. The van der Waals surface area contributed by atoms with Crippen LogP contribution in [0.5, 0.6) is 0 Å². The summed E-state index contributed by atoms with van der Waals surface area (Å²) in [5.41, 5.74) is 10.1. The lowest BCUT2D eigenvalue weighted by molar-refractivity contribution is -0.138. The predicted octanol–water partition coefficient (Wildman–Crippen LogP) is 3.69. The van der Waals surface area contributed by atoms with Gasteiger partial charge in [-0.05, 0) is 26.8 Å². The molecule has 0 saturated heterocycles. The summed E-state index contributed by atoms with van der Waals surface area (Å²) in [6.45, 7) is 10.2. The van der Waals surface area contributed by atoms with Gasteiger partial charge in [0.1, 0.15) is 5.60 Å². The molecule has 5 heteroatoms. The zero-order chi connectivity index (χ0) is 18.7. The lowest BCUT2D eigenvalue weighted by Gasteiger charge is -2.23. The van der Waals surface area contributed by atoms with E-state index in [-0.39, 0.29) is 17.2 Å². The van der Waals surface area contributed by atoms with Crippen LogP contribution in [-0.2, 0) is 14.9 Å². The molecule has 0 radical (unpaired) electrons. The maximum Gasteiger partial charge on any atom is 0.293 e. The Balaban J connectivity index is 0.000000277. The minimum absolute atomic E-state index is 0.0553. The highest BCUT2D eigenvalue weighted by Gasteiger charge is 2.37. The average molecular weight is 341 g/mol. The van der Waals surface area contributed by atoms with Gasteiger partial charge >= 0.3 is 0 Å². The molecular formula is C20H27N3O2. The number of carbonyl (C=O) groups excluding carboxylic acids is 1. The molecule has 1 unspecified atom stereocenters. The number of ether oxygens (including phenoxy) is 1. The molecule has 0 fully saturated rings. The molecule has 0 spiro atoms. The maximum absolute atomic E-state index is 9.60. The summed E-state index contributed by atoms with van der Waals surface area (Å²) >= 11 is 0. The number of nitrogens with one attached hydrogen (secondary N) is 1. The first-order valence-electron chi connectivity index (χ1n) is 8.34. The second-order valence-electron chi connectivity index (χ2n) is 7.65. The van der Waals surface area contributed by atoms with E-state index in [0.29, 0.717) is 6.47 Å². The van der Waals surface area contributed by atoms with Crippen molar-refractivity contribution in [1.82, 2.24) is 4.98 Å². The van der Waals surface area contributed by atoms with Crippen molar-refractivity contribution in [2.75, 3.05) is 5.32 Å². The summed E-state index contributed by atoms with van der Waals surface area (Å²) in [5, 5.41) is 3.34. The van der Waals surface area contributed by atoms with Gasteiger partial charge < -0.3 is 15.8 Å². The van der Waals surface area contributed by atoms with E-state index < -0.39 is 0 Å². The fourth-order valence-electron chi connectivity index (χ4n) is 2.51. The Morgan fingerprint density at radius 2 is 1.88 bits per heavy atom. The number of nitrogens with two attached hydrogens (primary N) is 1. The molecule has 2 heterocycles. The zero-order valence-corrected chi connectivity index (χ0v) is 15.5. The highest BCUT2D eigenvalue weighted by Crippen LogP contribution is 2.39. The van der Waals surface area contributed by atoms with Crippen LogP contribution in [0, 0.1) is 0 Å². The summed E-state index contributed by atoms with van der Waals surface area (Å²) in [4.78, 5) is 14.2. The molecule has 1 aliphatic heterocycles. The van der Waals surface area contributed by atoms with Crippen LogP contribution in [0.2, 0.25) is 0 Å². The Bertz CT molecular complexity index is 721. The lowest BCUT2D eigenvalue weighted by Crippen LogP contribution is -2.40. The molecule has 1 aromatic heterocycles. The normalized spacial score (nSPS) is 17.6. The van der Waals surface area contributed by atoms with E-state index in [4.69, 9.17) is 5.73 Å².